The van der Waals surface area contributed by atoms with E-state index in [9.17, 15) is 28.6 Å². The van der Waals surface area contributed by atoms with Crippen molar-refractivity contribution in [1.82, 2.24) is 24.4 Å². The first-order valence-electron chi connectivity index (χ1n) is 13.0. The molecule has 4 heterocycles. The highest BCUT2D eigenvalue weighted by molar-refractivity contribution is 7.47. The minimum absolute atomic E-state index is 0.00155. The Bertz CT molecular complexity index is 1530. The van der Waals surface area contributed by atoms with Gasteiger partial charge in [-0.05, 0) is 6.07 Å². The lowest BCUT2D eigenvalue weighted by atomic mass is 10.1. The number of carbonyl (C=O) groups is 1. The summed E-state index contributed by atoms with van der Waals surface area (Å²) in [5, 5.41) is 2.48. The van der Waals surface area contributed by atoms with Crippen molar-refractivity contribution in [2.75, 3.05) is 47.3 Å². The number of anilines is 1. The van der Waals surface area contributed by atoms with E-state index in [0.29, 0.717) is 0 Å². The molecule has 244 valence electrons. The number of rotatable bonds is 12. The molecule has 1 amide bonds. The van der Waals surface area contributed by atoms with Gasteiger partial charge in [0.25, 0.3) is 5.56 Å². The molecule has 2 fully saturated rings. The minimum atomic E-state index is -4.63. The van der Waals surface area contributed by atoms with Crippen LogP contribution in [0.3, 0.4) is 0 Å². The number of carbonyl (C=O) groups excluding carboxylic acids is 1. The molecule has 0 bridgehead atoms. The number of ether oxygens (including phenoxy) is 6. The molecule has 0 aromatic carbocycles. The van der Waals surface area contributed by atoms with Crippen molar-refractivity contribution in [3.63, 3.8) is 0 Å². The highest BCUT2D eigenvalue weighted by Crippen LogP contribution is 2.48. The molecule has 1 unspecified atom stereocenters. The molecule has 0 radical (unpaired) electrons. The first-order chi connectivity index (χ1) is 20.9. The van der Waals surface area contributed by atoms with Crippen molar-refractivity contribution in [2.45, 2.75) is 49.1 Å². The molecule has 21 heteroatoms. The summed E-state index contributed by atoms with van der Waals surface area (Å²) in [6, 6.07) is 2.46. The van der Waals surface area contributed by atoms with Gasteiger partial charge in [0, 0.05) is 53.4 Å². The number of nitrogens with one attached hydrogen (secondary N) is 2. The van der Waals surface area contributed by atoms with Crippen LogP contribution in [0.25, 0.3) is 0 Å². The maximum Gasteiger partial charge on any atom is 0.472 e. The van der Waals surface area contributed by atoms with E-state index in [1.165, 1.54) is 33.6 Å². The predicted octanol–water partition coefficient (Wildman–Crippen LogP) is -1.93. The van der Waals surface area contributed by atoms with E-state index in [4.69, 9.17) is 38.7 Å². The summed E-state index contributed by atoms with van der Waals surface area (Å²) in [4.78, 5) is 65.3. The van der Waals surface area contributed by atoms with Gasteiger partial charge >= 0.3 is 25.3 Å². The summed E-state index contributed by atoms with van der Waals surface area (Å²) in [7, 11) is 0.297. The fraction of sp³-hybridized carbons (Fsp3) is 0.609. The van der Waals surface area contributed by atoms with Crippen molar-refractivity contribution in [3.8, 4) is 0 Å². The van der Waals surface area contributed by atoms with Gasteiger partial charge in [0.2, 0.25) is 0 Å². The Kier molecular flexibility index (Phi) is 10.7. The van der Waals surface area contributed by atoms with E-state index >= 15 is 0 Å². The molecule has 20 nitrogen and oxygen atoms in total. The van der Waals surface area contributed by atoms with Crippen LogP contribution in [-0.2, 0) is 42.0 Å². The summed E-state index contributed by atoms with van der Waals surface area (Å²) in [5.74, 6) is 0.00155. The summed E-state index contributed by atoms with van der Waals surface area (Å²) in [6.07, 6.45) is -7.49. The van der Waals surface area contributed by atoms with E-state index in [-0.39, 0.29) is 19.0 Å². The van der Waals surface area contributed by atoms with E-state index in [2.05, 4.69) is 19.8 Å². The Morgan fingerprint density at radius 3 is 2.27 bits per heavy atom. The molecule has 2 aromatic heterocycles. The second-order valence-electron chi connectivity index (χ2n) is 9.52. The molecule has 0 aliphatic carbocycles. The van der Waals surface area contributed by atoms with Gasteiger partial charge in [-0.1, -0.05) is 0 Å². The number of nitrogens with zero attached hydrogens (tertiary/aromatic N) is 3. The van der Waals surface area contributed by atoms with Gasteiger partial charge in [-0.3, -0.25) is 28.0 Å². The van der Waals surface area contributed by atoms with E-state index in [0.717, 1.165) is 28.5 Å². The van der Waals surface area contributed by atoms with Crippen LogP contribution in [0.1, 0.15) is 12.5 Å². The molecular formula is C23H33N6O14P. The van der Waals surface area contributed by atoms with Crippen molar-refractivity contribution >= 4 is 19.7 Å². The van der Waals surface area contributed by atoms with Gasteiger partial charge in [0.05, 0.1) is 6.61 Å². The molecule has 44 heavy (non-hydrogen) atoms. The van der Waals surface area contributed by atoms with Crippen LogP contribution in [-0.4, -0.2) is 108 Å². The third-order valence-corrected chi connectivity index (χ3v) is 7.84. The van der Waals surface area contributed by atoms with Crippen LogP contribution in [0.15, 0.2) is 38.9 Å². The van der Waals surface area contributed by atoms with E-state index in [1.54, 1.807) is 0 Å². The molecule has 9 atom stereocenters. The molecule has 0 saturated carbocycles. The van der Waals surface area contributed by atoms with Crippen molar-refractivity contribution in [1.29, 1.82) is 0 Å². The number of aromatic nitrogens is 4. The Hall–Kier alpha value is -3.46. The number of hydrogen-bond acceptors (Lipinski definition) is 15. The Morgan fingerprint density at radius 2 is 1.66 bits per heavy atom. The van der Waals surface area contributed by atoms with Crippen LogP contribution >= 0.6 is 7.82 Å². The van der Waals surface area contributed by atoms with Gasteiger partial charge in [0.15, 0.2) is 18.6 Å². The van der Waals surface area contributed by atoms with E-state index in [1.807, 2.05) is 0 Å². The lowest BCUT2D eigenvalue weighted by Gasteiger charge is -2.25. The number of nitrogens with two attached hydrogens (primary N) is 1. The monoisotopic (exact) mass is 648 g/mol. The molecule has 4 rings (SSSR count). The zero-order chi connectivity index (χ0) is 32.2. The summed E-state index contributed by atoms with van der Waals surface area (Å²) in [6.45, 7) is -0.423. The second kappa shape index (κ2) is 14.1. The van der Waals surface area contributed by atoms with Crippen LogP contribution in [0.4, 0.5) is 10.6 Å². The first-order valence-corrected chi connectivity index (χ1v) is 14.5. The number of H-pyrrole nitrogens is 1. The average molecular weight is 649 g/mol. The number of phosphoric acid groups is 1. The predicted molar refractivity (Wildman–Crippen MR) is 146 cm³/mol. The van der Waals surface area contributed by atoms with E-state index < -0.39 is 79.9 Å². The van der Waals surface area contributed by atoms with Crippen molar-refractivity contribution in [3.05, 3.63) is 55.8 Å². The number of amides is 1. The van der Waals surface area contributed by atoms with Gasteiger partial charge in [-0.2, -0.15) is 4.98 Å². The standard InChI is InChI=1S/C23H33N6O14P/c1-36-10-12-15(17(37-2)19(41-12)28-7-5-13(24)26-21(28)31)42-23(33)25-9-11-16(43-44(34,35)39-4)18(38-3)20(40-11)29-8-6-14(30)27-22(29)32/h5-8,11-12,15-20H,9-10H2,1-4H3,(H,25,33)(H,34,35)(H2,24,26,31)(H,27,30,32)/t11-,12-,15-,16-,17-,18-,19-,20-/m1/s1. The highest BCUT2D eigenvalue weighted by atomic mass is 31.2. The topological polar surface area (TPSA) is 256 Å². The lowest BCUT2D eigenvalue weighted by Crippen LogP contribution is -2.45. The normalized spacial score (nSPS) is 29.8. The summed E-state index contributed by atoms with van der Waals surface area (Å²) in [5.41, 5.74) is 3.35. The zero-order valence-corrected chi connectivity index (χ0v) is 24.9. The lowest BCUT2D eigenvalue weighted by molar-refractivity contribution is -0.0669. The van der Waals surface area contributed by atoms with Gasteiger partial charge < -0.3 is 44.4 Å². The average Bonchev–Trinajstić information content (AvgIpc) is 3.48. The molecular weight excluding hydrogens is 615 g/mol. The molecule has 2 aliphatic rings. The minimum Gasteiger partial charge on any atom is -0.440 e. The number of aromatic amines is 1. The zero-order valence-electron chi connectivity index (χ0n) is 24.0. The quantitative estimate of drug-likeness (QED) is 0.183. The smallest absolute Gasteiger partial charge is 0.440 e. The van der Waals surface area contributed by atoms with Gasteiger partial charge in [0.1, 0.15) is 36.3 Å². The first kappa shape index (κ1) is 33.4. The maximum atomic E-state index is 13.0. The number of hydrogen-bond donors (Lipinski definition) is 4. The van der Waals surface area contributed by atoms with Crippen LogP contribution in [0.5, 0.6) is 0 Å². The number of phosphoric ester groups is 1. The Balaban J connectivity index is 1.52. The fourth-order valence-electron chi connectivity index (χ4n) is 4.89. The SMILES string of the molecule is COC[C@H]1O[C@@H](n2ccc(N)nc2=O)[C@H](OC)[C@@H]1OC(=O)NC[C@H]1O[C@@H](n2ccc(=O)[nH]c2=O)[C@H](OC)[C@@H]1OP(=O)(O)OC. The Morgan fingerprint density at radius 1 is 1.02 bits per heavy atom. The number of alkyl carbamates (subject to hydrolysis) is 1. The number of nitrogen functional groups attached to an aromatic ring is 1. The highest BCUT2D eigenvalue weighted by Gasteiger charge is 2.51. The van der Waals surface area contributed by atoms with Crippen LogP contribution < -0.4 is 28.0 Å². The molecule has 2 saturated heterocycles. The summed E-state index contributed by atoms with van der Waals surface area (Å²) < 4.78 is 57.9. The third kappa shape index (κ3) is 7.25. The molecule has 2 aromatic rings. The van der Waals surface area contributed by atoms with Crippen molar-refractivity contribution < 1.29 is 51.7 Å². The summed E-state index contributed by atoms with van der Waals surface area (Å²) >= 11 is 0. The van der Waals surface area contributed by atoms with Crippen LogP contribution in [0, 0.1) is 0 Å². The molecule has 0 spiro atoms. The van der Waals surface area contributed by atoms with Gasteiger partial charge in [-0.15, -0.1) is 0 Å². The maximum absolute atomic E-state index is 13.0. The second-order valence-corrected chi connectivity index (χ2v) is 11.0. The Labute approximate surface area is 248 Å². The fourth-order valence-corrected chi connectivity index (χ4v) is 5.54. The van der Waals surface area contributed by atoms with Crippen molar-refractivity contribution in [2.24, 2.45) is 0 Å². The molecule has 2 aliphatic heterocycles. The van der Waals surface area contributed by atoms with Gasteiger partial charge in [-0.25, -0.2) is 18.9 Å². The molecule has 5 N–H and O–H groups in total. The third-order valence-electron chi connectivity index (χ3n) is 6.87. The number of methoxy groups -OCH3 is 3. The van der Waals surface area contributed by atoms with Crippen LogP contribution in [0.2, 0.25) is 0 Å². The largest absolute Gasteiger partial charge is 0.472 e.